The number of phenolic OH excluding ortho intramolecular Hbond substituents is 1. The molecule has 4 rings (SSSR count). The Labute approximate surface area is 160 Å². The van der Waals surface area contributed by atoms with E-state index >= 15 is 0 Å². The number of hydrogen-bond acceptors (Lipinski definition) is 6. The number of aliphatic hydroxyl groups excluding tert-OH is 1. The minimum absolute atomic E-state index is 0.0258. The molecule has 7 heteroatoms. The molecule has 3 heterocycles. The van der Waals surface area contributed by atoms with Crippen molar-refractivity contribution in [1.29, 1.82) is 0 Å². The van der Waals surface area contributed by atoms with Crippen molar-refractivity contribution in [2.45, 2.75) is 12.6 Å². The van der Waals surface area contributed by atoms with E-state index in [0.717, 1.165) is 0 Å². The highest BCUT2D eigenvalue weighted by Crippen LogP contribution is 2.40. The predicted molar refractivity (Wildman–Crippen MR) is 98.3 cm³/mol. The van der Waals surface area contributed by atoms with Gasteiger partial charge in [0.2, 0.25) is 5.78 Å². The Morgan fingerprint density at radius 1 is 1.07 bits per heavy atom. The fraction of sp³-hybridized carbons (Fsp3) is 0.0952. The van der Waals surface area contributed by atoms with Crippen LogP contribution in [0.25, 0.3) is 0 Å². The summed E-state index contributed by atoms with van der Waals surface area (Å²) in [6, 6.07) is 13.6. The number of aliphatic hydroxyl groups is 1. The lowest BCUT2D eigenvalue weighted by atomic mass is 9.95. The number of nitrogens with zero attached hydrogens (tertiary/aromatic N) is 2. The van der Waals surface area contributed by atoms with Gasteiger partial charge in [0, 0.05) is 6.20 Å². The number of carbonyl (C=O) groups is 2. The number of Topliss-reactive ketones (excluding diaryl/α,β-unsaturated/α-hetero) is 1. The van der Waals surface area contributed by atoms with Crippen molar-refractivity contribution in [2.75, 3.05) is 0 Å². The first kappa shape index (κ1) is 17.5. The number of pyridine rings is 1. The van der Waals surface area contributed by atoms with Crippen LogP contribution in [0, 0.1) is 0 Å². The molecule has 1 aliphatic rings. The molecule has 0 saturated heterocycles. The van der Waals surface area contributed by atoms with Gasteiger partial charge in [-0.3, -0.25) is 14.6 Å². The number of furan rings is 1. The first-order valence-electron chi connectivity index (χ1n) is 8.57. The van der Waals surface area contributed by atoms with Crippen LogP contribution in [-0.4, -0.2) is 31.8 Å². The number of ketones is 1. The van der Waals surface area contributed by atoms with Gasteiger partial charge in [-0.1, -0.05) is 18.2 Å². The zero-order valence-electron chi connectivity index (χ0n) is 14.6. The Morgan fingerprint density at radius 2 is 1.86 bits per heavy atom. The van der Waals surface area contributed by atoms with Crippen LogP contribution >= 0.6 is 0 Å². The molecule has 3 aromatic rings. The van der Waals surface area contributed by atoms with Gasteiger partial charge in [-0.25, -0.2) is 0 Å². The zero-order chi connectivity index (χ0) is 19.7. The van der Waals surface area contributed by atoms with E-state index in [4.69, 9.17) is 4.42 Å². The number of hydrogen-bond donors (Lipinski definition) is 2. The fourth-order valence-electron chi connectivity index (χ4n) is 3.26. The van der Waals surface area contributed by atoms with Crippen LogP contribution in [0.4, 0.5) is 0 Å². The second kappa shape index (κ2) is 7.03. The highest BCUT2D eigenvalue weighted by Gasteiger charge is 2.44. The van der Waals surface area contributed by atoms with Gasteiger partial charge in [0.1, 0.15) is 5.75 Å². The molecule has 7 nitrogen and oxygen atoms in total. The van der Waals surface area contributed by atoms with E-state index in [2.05, 4.69) is 4.98 Å². The second-order valence-electron chi connectivity index (χ2n) is 6.32. The molecule has 1 atom stereocenters. The van der Waals surface area contributed by atoms with Crippen LogP contribution in [0.5, 0.6) is 5.75 Å². The van der Waals surface area contributed by atoms with Gasteiger partial charge in [0.15, 0.2) is 11.5 Å². The maximum Gasteiger partial charge on any atom is 0.290 e. The monoisotopic (exact) mass is 376 g/mol. The van der Waals surface area contributed by atoms with Crippen molar-refractivity contribution < 1.29 is 24.2 Å². The molecule has 0 spiro atoms. The highest BCUT2D eigenvalue weighted by atomic mass is 16.3. The third-order valence-corrected chi connectivity index (χ3v) is 4.56. The summed E-state index contributed by atoms with van der Waals surface area (Å²) in [6.07, 6.45) is 2.95. The Hall–Kier alpha value is -3.87. The molecular formula is C21H16N2O5. The van der Waals surface area contributed by atoms with Crippen LogP contribution in [0.3, 0.4) is 0 Å². The van der Waals surface area contributed by atoms with E-state index in [-0.39, 0.29) is 23.6 Å². The molecule has 0 bridgehead atoms. The molecule has 0 saturated carbocycles. The van der Waals surface area contributed by atoms with Gasteiger partial charge >= 0.3 is 0 Å². The number of benzene rings is 1. The average Bonchev–Trinajstić information content (AvgIpc) is 3.33. The fourth-order valence-corrected chi connectivity index (χ4v) is 3.26. The van der Waals surface area contributed by atoms with Crippen molar-refractivity contribution in [3.63, 3.8) is 0 Å². The number of phenols is 1. The lowest BCUT2D eigenvalue weighted by Gasteiger charge is -2.26. The molecule has 140 valence electrons. The molecule has 1 aromatic carbocycles. The third kappa shape index (κ3) is 3.03. The maximum absolute atomic E-state index is 13.0. The number of aromatic nitrogens is 1. The average molecular weight is 376 g/mol. The van der Waals surface area contributed by atoms with E-state index in [1.807, 2.05) is 0 Å². The summed E-state index contributed by atoms with van der Waals surface area (Å²) in [7, 11) is 0. The third-order valence-electron chi connectivity index (χ3n) is 4.56. The number of carbonyl (C=O) groups excluding carboxylic acids is 2. The Bertz CT molecular complexity index is 1040. The molecule has 0 fully saturated rings. The van der Waals surface area contributed by atoms with Gasteiger partial charge in [0.25, 0.3) is 5.91 Å². The zero-order valence-corrected chi connectivity index (χ0v) is 14.6. The first-order chi connectivity index (χ1) is 13.6. The number of aromatic hydroxyl groups is 1. The second-order valence-corrected chi connectivity index (χ2v) is 6.32. The number of amides is 1. The van der Waals surface area contributed by atoms with Gasteiger partial charge in [-0.2, -0.15) is 0 Å². The summed E-state index contributed by atoms with van der Waals surface area (Å²) in [5, 5.41) is 20.1. The van der Waals surface area contributed by atoms with E-state index in [9.17, 15) is 19.8 Å². The van der Waals surface area contributed by atoms with Crippen molar-refractivity contribution in [2.24, 2.45) is 0 Å². The standard InChI is InChI=1S/C21H16N2O5/c24-15-8-6-13(7-9-15)18-17(19(25)16-5-3-11-28-16)20(26)21(27)23(18)12-14-4-1-2-10-22-14/h1-11,18,24,26H,12H2. The molecule has 1 aliphatic heterocycles. The van der Waals surface area contributed by atoms with Crippen LogP contribution < -0.4 is 0 Å². The maximum atomic E-state index is 13.0. The van der Waals surface area contributed by atoms with Crippen LogP contribution in [0.15, 0.2) is 82.8 Å². The summed E-state index contributed by atoms with van der Waals surface area (Å²) in [4.78, 5) is 31.4. The van der Waals surface area contributed by atoms with Crippen LogP contribution in [0.2, 0.25) is 0 Å². The minimum atomic E-state index is -0.840. The largest absolute Gasteiger partial charge is 0.508 e. The van der Waals surface area contributed by atoms with Gasteiger partial charge < -0.3 is 19.5 Å². The van der Waals surface area contributed by atoms with E-state index in [1.165, 1.54) is 29.4 Å². The van der Waals surface area contributed by atoms with E-state index in [0.29, 0.717) is 11.3 Å². The predicted octanol–water partition coefficient (Wildman–Crippen LogP) is 3.16. The molecule has 1 amide bonds. The van der Waals surface area contributed by atoms with Crippen molar-refractivity contribution in [3.8, 4) is 5.75 Å². The smallest absolute Gasteiger partial charge is 0.290 e. The Balaban J connectivity index is 1.79. The summed E-state index contributed by atoms with van der Waals surface area (Å²) >= 11 is 0. The molecule has 0 aliphatic carbocycles. The van der Waals surface area contributed by atoms with Crippen molar-refractivity contribution >= 4 is 11.7 Å². The summed E-state index contributed by atoms with van der Waals surface area (Å²) < 4.78 is 5.17. The molecule has 0 radical (unpaired) electrons. The highest BCUT2D eigenvalue weighted by molar-refractivity contribution is 6.14. The Kier molecular flexibility index (Phi) is 4.41. The van der Waals surface area contributed by atoms with Crippen molar-refractivity contribution in [1.82, 2.24) is 9.88 Å². The number of rotatable bonds is 5. The van der Waals surface area contributed by atoms with Crippen molar-refractivity contribution in [3.05, 3.63) is 95.4 Å². The van der Waals surface area contributed by atoms with E-state index < -0.39 is 23.5 Å². The normalized spacial score (nSPS) is 16.6. The lowest BCUT2D eigenvalue weighted by molar-refractivity contribution is -0.130. The van der Waals surface area contributed by atoms with E-state index in [1.54, 1.807) is 42.6 Å². The molecule has 28 heavy (non-hydrogen) atoms. The Morgan fingerprint density at radius 3 is 2.50 bits per heavy atom. The lowest BCUT2D eigenvalue weighted by Crippen LogP contribution is -2.31. The summed E-state index contributed by atoms with van der Waals surface area (Å²) in [5.41, 5.74) is 1.11. The van der Waals surface area contributed by atoms with Gasteiger partial charge in [-0.05, 0) is 42.0 Å². The summed E-state index contributed by atoms with van der Waals surface area (Å²) in [5.74, 6) is -1.78. The summed E-state index contributed by atoms with van der Waals surface area (Å²) in [6.45, 7) is 0.101. The van der Waals surface area contributed by atoms with Gasteiger partial charge in [0.05, 0.1) is 30.1 Å². The molecular weight excluding hydrogens is 360 g/mol. The first-order valence-corrected chi connectivity index (χ1v) is 8.57. The molecule has 1 unspecified atom stereocenters. The minimum Gasteiger partial charge on any atom is -0.508 e. The topological polar surface area (TPSA) is 104 Å². The quantitative estimate of drug-likeness (QED) is 0.663. The molecule has 2 aromatic heterocycles. The van der Waals surface area contributed by atoms with Crippen LogP contribution in [0.1, 0.15) is 27.9 Å². The van der Waals surface area contributed by atoms with Crippen LogP contribution in [-0.2, 0) is 11.3 Å². The molecule has 2 N–H and O–H groups in total. The van der Waals surface area contributed by atoms with Gasteiger partial charge in [-0.15, -0.1) is 0 Å². The SMILES string of the molecule is O=C(C1=C(O)C(=O)N(Cc2ccccn2)C1c1ccc(O)cc1)c1ccco1.